The number of carboxylic acid groups (broad SMARTS) is 1. The molecule has 0 amide bonds. The summed E-state index contributed by atoms with van der Waals surface area (Å²) in [7, 11) is 0. The molecule has 140 valence electrons. The zero-order valence-electron chi connectivity index (χ0n) is 15.2. The van der Waals surface area contributed by atoms with Crippen LogP contribution in [0.5, 0.6) is 0 Å². The minimum Gasteiger partial charge on any atom is -0.450 e. The number of Topliss-reactive ketones (excluding diaryl/α,β-unsaturated/α-hetero) is 1. The van der Waals surface area contributed by atoms with Crippen molar-refractivity contribution in [2.24, 2.45) is 34.5 Å². The Morgan fingerprint density at radius 3 is 2.60 bits per heavy atom. The van der Waals surface area contributed by atoms with Crippen LogP contribution in [0.1, 0.15) is 65.2 Å². The topological polar surface area (TPSA) is 83.8 Å². The molecule has 5 nitrogen and oxygen atoms in total. The van der Waals surface area contributed by atoms with Crippen LogP contribution in [0.4, 0.5) is 4.79 Å². The summed E-state index contributed by atoms with van der Waals surface area (Å²) in [6, 6.07) is 0. The van der Waals surface area contributed by atoms with Crippen molar-refractivity contribution in [3.05, 3.63) is 0 Å². The molecular formula is C20H30O5. The third kappa shape index (κ3) is 2.37. The average molecular weight is 350 g/mol. The van der Waals surface area contributed by atoms with Gasteiger partial charge in [-0.2, -0.15) is 0 Å². The Morgan fingerprint density at radius 1 is 1.12 bits per heavy atom. The highest BCUT2D eigenvalue weighted by molar-refractivity contribution is 5.87. The van der Waals surface area contributed by atoms with Gasteiger partial charge in [-0.25, -0.2) is 4.79 Å². The van der Waals surface area contributed by atoms with Crippen LogP contribution < -0.4 is 0 Å². The predicted octanol–water partition coefficient (Wildman–Crippen LogP) is 3.63. The molecule has 2 N–H and O–H groups in total. The van der Waals surface area contributed by atoms with E-state index in [1.165, 1.54) is 0 Å². The Hall–Kier alpha value is -1.10. The van der Waals surface area contributed by atoms with E-state index in [4.69, 9.17) is 4.74 Å². The standard InChI is InChI=1S/C20H30O5/c1-19-8-7-15-13(14(19)5-6-16(19)22)4-3-11-9-12(21)10-17(20(11,15)2)25-18(23)24/h11-15,17,21H,3-10H2,1-2H3,(H,23,24)/t11?,12-,13?,14?,15?,17?,19-,20-/m0/s1. The van der Waals surface area contributed by atoms with Crippen molar-refractivity contribution in [3.8, 4) is 0 Å². The summed E-state index contributed by atoms with van der Waals surface area (Å²) in [5.41, 5.74) is -0.380. The highest BCUT2D eigenvalue weighted by Crippen LogP contribution is 2.65. The van der Waals surface area contributed by atoms with E-state index in [1.54, 1.807) is 0 Å². The first-order chi connectivity index (χ1) is 11.8. The fourth-order valence-corrected chi connectivity index (χ4v) is 7.34. The SMILES string of the molecule is C[C@]12C(CCC3C1CC[C@]1(C)C(=O)CCC31)C[C@H](O)CC2OC(=O)O. The number of aliphatic hydroxyl groups is 1. The number of hydrogen-bond donors (Lipinski definition) is 2. The van der Waals surface area contributed by atoms with Crippen LogP contribution in [-0.2, 0) is 9.53 Å². The number of ether oxygens (including phenoxy) is 1. The lowest BCUT2D eigenvalue weighted by Gasteiger charge is -2.61. The number of carbonyl (C=O) groups is 2. The van der Waals surface area contributed by atoms with Gasteiger partial charge < -0.3 is 14.9 Å². The molecule has 0 radical (unpaired) electrons. The summed E-state index contributed by atoms with van der Waals surface area (Å²) in [5, 5.41) is 19.5. The Morgan fingerprint density at radius 2 is 1.88 bits per heavy atom. The molecule has 0 aromatic rings. The van der Waals surface area contributed by atoms with Crippen molar-refractivity contribution in [1.29, 1.82) is 0 Å². The molecule has 4 saturated carbocycles. The molecule has 0 spiro atoms. The molecule has 4 fully saturated rings. The molecule has 0 aromatic carbocycles. The van der Waals surface area contributed by atoms with E-state index in [0.717, 1.165) is 38.5 Å². The maximum atomic E-state index is 12.5. The predicted molar refractivity (Wildman–Crippen MR) is 91.0 cm³/mol. The van der Waals surface area contributed by atoms with E-state index < -0.39 is 18.4 Å². The van der Waals surface area contributed by atoms with Crippen LogP contribution >= 0.6 is 0 Å². The van der Waals surface area contributed by atoms with E-state index in [9.17, 15) is 19.8 Å². The molecule has 0 bridgehead atoms. The van der Waals surface area contributed by atoms with Gasteiger partial charge in [-0.1, -0.05) is 13.8 Å². The summed E-state index contributed by atoms with van der Waals surface area (Å²) >= 11 is 0. The molecule has 0 aromatic heterocycles. The number of ketones is 1. The quantitative estimate of drug-likeness (QED) is 0.706. The normalized spacial score (nSPS) is 52.0. The van der Waals surface area contributed by atoms with Crippen LogP contribution in [0.15, 0.2) is 0 Å². The zero-order valence-corrected chi connectivity index (χ0v) is 15.2. The van der Waals surface area contributed by atoms with Crippen molar-refractivity contribution in [3.63, 3.8) is 0 Å². The summed E-state index contributed by atoms with van der Waals surface area (Å²) in [6.07, 6.45) is 4.71. The highest BCUT2D eigenvalue weighted by Gasteiger charge is 2.63. The molecule has 4 aliphatic rings. The zero-order chi connectivity index (χ0) is 18.0. The van der Waals surface area contributed by atoms with E-state index in [1.807, 2.05) is 0 Å². The molecule has 0 aliphatic heterocycles. The smallest absolute Gasteiger partial charge is 0.450 e. The minimum absolute atomic E-state index is 0.165. The minimum atomic E-state index is -1.24. The molecule has 25 heavy (non-hydrogen) atoms. The molecule has 4 rings (SSSR count). The lowest BCUT2D eigenvalue weighted by molar-refractivity contribution is -0.183. The van der Waals surface area contributed by atoms with Gasteiger partial charge >= 0.3 is 6.16 Å². The highest BCUT2D eigenvalue weighted by atomic mass is 16.7. The fraction of sp³-hybridized carbons (Fsp3) is 0.900. The molecule has 0 saturated heterocycles. The van der Waals surface area contributed by atoms with E-state index in [0.29, 0.717) is 42.3 Å². The monoisotopic (exact) mass is 350 g/mol. The van der Waals surface area contributed by atoms with Crippen LogP contribution in [0, 0.1) is 34.5 Å². The van der Waals surface area contributed by atoms with Crippen molar-refractivity contribution < 1.29 is 24.5 Å². The van der Waals surface area contributed by atoms with Gasteiger partial charge in [0.15, 0.2) is 0 Å². The maximum absolute atomic E-state index is 12.5. The van der Waals surface area contributed by atoms with E-state index in [2.05, 4.69) is 13.8 Å². The van der Waals surface area contributed by atoms with Gasteiger partial charge in [-0.3, -0.25) is 4.79 Å². The van der Waals surface area contributed by atoms with Crippen molar-refractivity contribution in [2.45, 2.75) is 77.4 Å². The Balaban J connectivity index is 1.68. The first-order valence-corrected chi connectivity index (χ1v) is 9.87. The largest absolute Gasteiger partial charge is 0.506 e. The lowest BCUT2D eigenvalue weighted by atomic mass is 9.44. The molecule has 8 atom stereocenters. The van der Waals surface area contributed by atoms with Gasteiger partial charge in [0.25, 0.3) is 0 Å². The van der Waals surface area contributed by atoms with E-state index in [-0.39, 0.29) is 10.8 Å². The third-order valence-electron chi connectivity index (χ3n) is 8.65. The fourth-order valence-electron chi connectivity index (χ4n) is 7.34. The average Bonchev–Trinajstić information content (AvgIpc) is 2.84. The van der Waals surface area contributed by atoms with Crippen LogP contribution in [-0.4, -0.2) is 34.4 Å². The Bertz CT molecular complexity index is 589. The molecule has 5 heteroatoms. The van der Waals surface area contributed by atoms with Gasteiger partial charge in [-0.05, 0) is 62.2 Å². The second-order valence-electron chi connectivity index (χ2n) is 9.43. The first kappa shape index (κ1) is 17.3. The molecule has 5 unspecified atom stereocenters. The summed E-state index contributed by atoms with van der Waals surface area (Å²) in [4.78, 5) is 23.8. The Labute approximate surface area is 149 Å². The second kappa shape index (κ2) is 5.70. The van der Waals surface area contributed by atoms with Crippen LogP contribution in [0.25, 0.3) is 0 Å². The first-order valence-electron chi connectivity index (χ1n) is 9.87. The van der Waals surface area contributed by atoms with Gasteiger partial charge in [0.05, 0.1) is 6.10 Å². The van der Waals surface area contributed by atoms with Crippen molar-refractivity contribution in [2.75, 3.05) is 0 Å². The number of hydrogen-bond acceptors (Lipinski definition) is 4. The van der Waals surface area contributed by atoms with Crippen molar-refractivity contribution >= 4 is 11.9 Å². The molecular weight excluding hydrogens is 320 g/mol. The lowest BCUT2D eigenvalue weighted by Crippen LogP contribution is -2.60. The Kier molecular flexibility index (Phi) is 3.95. The van der Waals surface area contributed by atoms with Crippen LogP contribution in [0.3, 0.4) is 0 Å². The second-order valence-corrected chi connectivity index (χ2v) is 9.43. The number of rotatable bonds is 1. The van der Waals surface area contributed by atoms with Crippen molar-refractivity contribution in [1.82, 2.24) is 0 Å². The van der Waals surface area contributed by atoms with Gasteiger partial charge in [0, 0.05) is 23.7 Å². The van der Waals surface area contributed by atoms with Gasteiger partial charge in [0.2, 0.25) is 0 Å². The van der Waals surface area contributed by atoms with Gasteiger partial charge in [-0.15, -0.1) is 0 Å². The maximum Gasteiger partial charge on any atom is 0.506 e. The summed E-state index contributed by atoms with van der Waals surface area (Å²) < 4.78 is 5.33. The van der Waals surface area contributed by atoms with E-state index >= 15 is 0 Å². The number of fused-ring (bicyclic) bond motifs is 5. The number of carbonyl (C=O) groups excluding carboxylic acids is 1. The van der Waals surface area contributed by atoms with Crippen LogP contribution in [0.2, 0.25) is 0 Å². The van der Waals surface area contributed by atoms with Gasteiger partial charge in [0.1, 0.15) is 11.9 Å². The summed E-state index contributed by atoms with van der Waals surface area (Å²) in [6.45, 7) is 4.36. The third-order valence-corrected chi connectivity index (χ3v) is 8.65. The summed E-state index contributed by atoms with van der Waals surface area (Å²) in [5.74, 6) is 2.06. The number of aliphatic hydroxyl groups excluding tert-OH is 1. The molecule has 4 aliphatic carbocycles. The molecule has 0 heterocycles.